The predicted molar refractivity (Wildman–Crippen MR) is 117 cm³/mol. The number of carbonyl (C=O) groups is 2. The molecule has 0 spiro atoms. The number of nitrogens with two attached hydrogens (primary N) is 1. The lowest BCUT2D eigenvalue weighted by atomic mass is 9.90. The van der Waals surface area contributed by atoms with E-state index in [9.17, 15) is 9.59 Å². The predicted octanol–water partition coefficient (Wildman–Crippen LogP) is 1.28. The van der Waals surface area contributed by atoms with Crippen molar-refractivity contribution in [3.8, 4) is 11.5 Å². The average molecular weight is 437 g/mol. The van der Waals surface area contributed by atoms with Crippen molar-refractivity contribution in [2.75, 3.05) is 40.0 Å². The monoisotopic (exact) mass is 437 g/mol. The van der Waals surface area contributed by atoms with E-state index in [0.717, 1.165) is 16.9 Å². The van der Waals surface area contributed by atoms with Crippen molar-refractivity contribution < 1.29 is 23.8 Å². The quantitative estimate of drug-likeness (QED) is 0.602. The third kappa shape index (κ3) is 3.69. The molecule has 2 aromatic carbocycles. The maximum absolute atomic E-state index is 13.0. The van der Waals surface area contributed by atoms with E-state index in [0.29, 0.717) is 61.7 Å². The van der Waals surface area contributed by atoms with Crippen LogP contribution in [0.15, 0.2) is 36.4 Å². The van der Waals surface area contributed by atoms with Crippen LogP contribution in [0.3, 0.4) is 0 Å². The smallest absolute Gasteiger partial charge is 0.254 e. The first-order chi connectivity index (χ1) is 15.6. The molecule has 2 aromatic rings. The Hall–Kier alpha value is -3.10. The van der Waals surface area contributed by atoms with Gasteiger partial charge in [0.1, 0.15) is 18.1 Å². The van der Waals surface area contributed by atoms with Gasteiger partial charge in [0.25, 0.3) is 11.8 Å². The Morgan fingerprint density at radius 1 is 1.09 bits per heavy atom. The molecule has 1 aliphatic carbocycles. The molecule has 0 aromatic heterocycles. The zero-order chi connectivity index (χ0) is 22.2. The molecule has 168 valence electrons. The van der Waals surface area contributed by atoms with Crippen LogP contribution in [0.2, 0.25) is 0 Å². The van der Waals surface area contributed by atoms with Crippen LogP contribution in [0.25, 0.3) is 0 Å². The fourth-order valence-electron chi connectivity index (χ4n) is 4.70. The Kier molecular flexibility index (Phi) is 5.48. The Balaban J connectivity index is 1.43. The van der Waals surface area contributed by atoms with E-state index in [-0.39, 0.29) is 23.8 Å². The molecule has 1 saturated carbocycles. The highest BCUT2D eigenvalue weighted by Gasteiger charge is 2.54. The minimum atomic E-state index is -0.279. The molecule has 2 fully saturated rings. The van der Waals surface area contributed by atoms with Gasteiger partial charge in [0.15, 0.2) is 0 Å². The lowest BCUT2D eigenvalue weighted by Gasteiger charge is -2.14. The highest BCUT2D eigenvalue weighted by atomic mass is 16.5. The van der Waals surface area contributed by atoms with E-state index in [1.165, 1.54) is 0 Å². The average Bonchev–Trinajstić information content (AvgIpc) is 3.18. The second-order valence-corrected chi connectivity index (χ2v) is 8.46. The second kappa shape index (κ2) is 8.44. The van der Waals surface area contributed by atoms with E-state index in [1.807, 2.05) is 30.3 Å². The summed E-state index contributed by atoms with van der Waals surface area (Å²) in [7, 11) is 1.57. The second-order valence-electron chi connectivity index (χ2n) is 8.46. The molecule has 5 rings (SSSR count). The molecule has 0 unspecified atom stereocenters. The summed E-state index contributed by atoms with van der Waals surface area (Å²) in [6.07, 6.45) is 0. The number of rotatable bonds is 7. The van der Waals surface area contributed by atoms with E-state index >= 15 is 0 Å². The third-order valence-electron chi connectivity index (χ3n) is 6.54. The van der Waals surface area contributed by atoms with E-state index in [1.54, 1.807) is 13.1 Å². The topological polar surface area (TPSA) is 112 Å². The highest BCUT2D eigenvalue weighted by molar-refractivity contribution is 6.02. The molecule has 3 aliphatic rings. The largest absolute Gasteiger partial charge is 0.492 e. The van der Waals surface area contributed by atoms with Crippen LogP contribution >= 0.6 is 0 Å². The molecule has 4 N–H and O–H groups in total. The summed E-state index contributed by atoms with van der Waals surface area (Å²) in [5.74, 6) is 1.55. The fourth-order valence-corrected chi connectivity index (χ4v) is 4.70. The SMILES string of the molecule is CNC(=O)c1cc(C(=O)N[C@H]2[C@@H]3COC[C@@H]32)cc2c1OC[C@@H]2c1ccc(OCCN)cc1. The zero-order valence-corrected chi connectivity index (χ0v) is 17.9. The summed E-state index contributed by atoms with van der Waals surface area (Å²) in [4.78, 5) is 25.6. The number of hydrogen-bond donors (Lipinski definition) is 3. The molecule has 1 saturated heterocycles. The van der Waals surface area contributed by atoms with Crippen molar-refractivity contribution in [3.05, 3.63) is 58.7 Å². The number of hydrogen-bond acceptors (Lipinski definition) is 6. The first-order valence-corrected chi connectivity index (χ1v) is 10.9. The van der Waals surface area contributed by atoms with Gasteiger partial charge in [0.2, 0.25) is 0 Å². The van der Waals surface area contributed by atoms with Gasteiger partial charge in [0.05, 0.1) is 25.4 Å². The van der Waals surface area contributed by atoms with Gasteiger partial charge < -0.3 is 30.6 Å². The van der Waals surface area contributed by atoms with Crippen molar-refractivity contribution in [1.82, 2.24) is 10.6 Å². The Bertz CT molecular complexity index is 1030. The molecule has 2 heterocycles. The van der Waals surface area contributed by atoms with Crippen LogP contribution in [-0.4, -0.2) is 57.9 Å². The van der Waals surface area contributed by atoms with Gasteiger partial charge in [-0.05, 0) is 29.8 Å². The molecule has 2 amide bonds. The van der Waals surface area contributed by atoms with Gasteiger partial charge >= 0.3 is 0 Å². The summed E-state index contributed by atoms with van der Waals surface area (Å²) in [6.45, 7) is 2.71. The lowest BCUT2D eigenvalue weighted by Crippen LogP contribution is -2.30. The Morgan fingerprint density at radius 3 is 2.53 bits per heavy atom. The van der Waals surface area contributed by atoms with Crippen LogP contribution in [0.4, 0.5) is 0 Å². The first-order valence-electron chi connectivity index (χ1n) is 10.9. The standard InChI is InChI=1S/C24H27N3O5/c1-26-24(29)17-9-14(23(28)27-21-19-10-30-11-20(19)21)8-16-18(12-32-22(16)17)13-2-4-15(5-3-13)31-7-6-25/h2-5,8-9,18-21H,6-7,10-12,25H2,1H3,(H,26,29)(H,27,28)/t18-,19-,20+,21+/m1/s1. The van der Waals surface area contributed by atoms with Gasteiger partial charge in [-0.1, -0.05) is 12.1 Å². The summed E-state index contributed by atoms with van der Waals surface area (Å²) in [6, 6.07) is 11.4. The minimum Gasteiger partial charge on any atom is -0.492 e. The molecule has 0 bridgehead atoms. The Morgan fingerprint density at radius 2 is 1.84 bits per heavy atom. The molecular weight excluding hydrogens is 410 g/mol. The molecule has 4 atom stereocenters. The number of ether oxygens (including phenoxy) is 3. The summed E-state index contributed by atoms with van der Waals surface area (Å²) >= 11 is 0. The third-order valence-corrected chi connectivity index (χ3v) is 6.54. The van der Waals surface area contributed by atoms with Crippen molar-refractivity contribution in [1.29, 1.82) is 0 Å². The van der Waals surface area contributed by atoms with E-state index < -0.39 is 0 Å². The van der Waals surface area contributed by atoms with Crippen LogP contribution in [0, 0.1) is 11.8 Å². The molecule has 0 radical (unpaired) electrons. The van der Waals surface area contributed by atoms with Gasteiger partial charge in [-0.3, -0.25) is 9.59 Å². The summed E-state index contributed by atoms with van der Waals surface area (Å²) in [5, 5.41) is 5.76. The van der Waals surface area contributed by atoms with Crippen molar-refractivity contribution in [2.24, 2.45) is 17.6 Å². The number of amides is 2. The van der Waals surface area contributed by atoms with Crippen LogP contribution < -0.4 is 25.8 Å². The van der Waals surface area contributed by atoms with E-state index in [2.05, 4.69) is 10.6 Å². The van der Waals surface area contributed by atoms with Gasteiger partial charge in [-0.15, -0.1) is 0 Å². The minimum absolute atomic E-state index is 0.0848. The van der Waals surface area contributed by atoms with Crippen molar-refractivity contribution >= 4 is 11.8 Å². The summed E-state index contributed by atoms with van der Waals surface area (Å²) in [5.41, 5.74) is 8.20. The maximum Gasteiger partial charge on any atom is 0.254 e. The highest BCUT2D eigenvalue weighted by Crippen LogP contribution is 2.45. The maximum atomic E-state index is 13.0. The lowest BCUT2D eigenvalue weighted by molar-refractivity contribution is 0.0929. The fraction of sp³-hybridized carbons (Fsp3) is 0.417. The van der Waals surface area contributed by atoms with Crippen molar-refractivity contribution in [2.45, 2.75) is 12.0 Å². The normalized spacial score (nSPS) is 24.8. The van der Waals surface area contributed by atoms with Gasteiger partial charge in [0, 0.05) is 48.5 Å². The number of benzene rings is 2. The van der Waals surface area contributed by atoms with Crippen LogP contribution in [0.5, 0.6) is 11.5 Å². The molecular formula is C24H27N3O5. The molecule has 8 nitrogen and oxygen atoms in total. The van der Waals surface area contributed by atoms with Crippen LogP contribution in [-0.2, 0) is 4.74 Å². The molecule has 8 heteroatoms. The van der Waals surface area contributed by atoms with Gasteiger partial charge in [-0.2, -0.15) is 0 Å². The zero-order valence-electron chi connectivity index (χ0n) is 17.9. The van der Waals surface area contributed by atoms with Crippen LogP contribution in [0.1, 0.15) is 37.8 Å². The number of carbonyl (C=O) groups excluding carboxylic acids is 2. The molecule has 2 aliphatic heterocycles. The van der Waals surface area contributed by atoms with Gasteiger partial charge in [-0.25, -0.2) is 0 Å². The molecule has 32 heavy (non-hydrogen) atoms. The number of nitrogens with one attached hydrogen (secondary N) is 2. The first kappa shape index (κ1) is 20.8. The summed E-state index contributed by atoms with van der Waals surface area (Å²) < 4.78 is 16.9. The Labute approximate surface area is 186 Å². The van der Waals surface area contributed by atoms with Crippen molar-refractivity contribution in [3.63, 3.8) is 0 Å². The number of fused-ring (bicyclic) bond motifs is 2. The van der Waals surface area contributed by atoms with E-state index in [4.69, 9.17) is 19.9 Å².